The highest BCUT2D eigenvalue weighted by atomic mass is 16.3. The zero-order valence-corrected chi connectivity index (χ0v) is 9.95. The first-order chi connectivity index (χ1) is 9.34. The van der Waals surface area contributed by atoms with Gasteiger partial charge >= 0.3 is 0 Å². The Kier molecular flexibility index (Phi) is 2.82. The number of anilines is 1. The minimum Gasteiger partial charge on any atom is -0.463 e. The van der Waals surface area contributed by atoms with Crippen LogP contribution < -0.4 is 11.2 Å². The van der Waals surface area contributed by atoms with Gasteiger partial charge in [-0.3, -0.25) is 5.43 Å². The molecule has 1 aliphatic rings. The van der Waals surface area contributed by atoms with Crippen molar-refractivity contribution in [3.05, 3.63) is 54.5 Å². The molecule has 0 aliphatic carbocycles. The fourth-order valence-corrected chi connectivity index (χ4v) is 1.64. The quantitative estimate of drug-likeness (QED) is 0.818. The second kappa shape index (κ2) is 4.77. The van der Waals surface area contributed by atoms with Crippen LogP contribution in [0.25, 0.3) is 0 Å². The fraction of sp³-hybridized carbons (Fsp3) is 0. The Balaban J connectivity index is 1.86. The highest BCUT2D eigenvalue weighted by Crippen LogP contribution is 2.11. The van der Waals surface area contributed by atoms with E-state index in [2.05, 4.69) is 20.7 Å². The third kappa shape index (κ3) is 2.23. The van der Waals surface area contributed by atoms with E-state index in [0.29, 0.717) is 17.2 Å². The molecular weight excluding hydrogens is 242 g/mol. The Morgan fingerprint density at radius 2 is 1.89 bits per heavy atom. The van der Waals surface area contributed by atoms with E-state index in [1.807, 2.05) is 30.3 Å². The third-order valence-electron chi connectivity index (χ3n) is 2.55. The zero-order valence-electron chi connectivity index (χ0n) is 9.95. The van der Waals surface area contributed by atoms with Gasteiger partial charge in [-0.1, -0.05) is 18.2 Å². The van der Waals surface area contributed by atoms with Gasteiger partial charge in [0, 0.05) is 0 Å². The summed E-state index contributed by atoms with van der Waals surface area (Å²) in [5.41, 5.74) is 10.5. The topological polar surface area (TPSA) is 88.3 Å². The summed E-state index contributed by atoms with van der Waals surface area (Å²) in [7, 11) is 0. The van der Waals surface area contributed by atoms with Gasteiger partial charge in [-0.2, -0.15) is 5.10 Å². The lowest BCUT2D eigenvalue weighted by Gasteiger charge is -2.02. The van der Waals surface area contributed by atoms with Gasteiger partial charge in [0.2, 0.25) is 0 Å². The molecule has 0 unspecified atom stereocenters. The van der Waals surface area contributed by atoms with Crippen molar-refractivity contribution in [2.75, 3.05) is 5.43 Å². The molecule has 3 rings (SSSR count). The predicted molar refractivity (Wildman–Crippen MR) is 74.4 cm³/mol. The molecule has 0 fully saturated rings. The number of hydrazone groups is 1. The average Bonchev–Trinajstić information content (AvgIpc) is 3.07. The molecule has 6 nitrogen and oxygen atoms in total. The number of amidine groups is 1. The molecule has 0 bridgehead atoms. The first kappa shape index (κ1) is 11.2. The normalized spacial score (nSPS) is 16.3. The molecule has 0 amide bonds. The third-order valence-corrected chi connectivity index (χ3v) is 2.55. The van der Waals surface area contributed by atoms with Crippen LogP contribution in [0.4, 0.5) is 5.69 Å². The number of benzene rings is 1. The molecule has 1 aromatic carbocycles. The summed E-state index contributed by atoms with van der Waals surface area (Å²) in [5.74, 6) is 0.840. The molecule has 94 valence electrons. The molecule has 0 atom stereocenters. The molecule has 1 aromatic heterocycles. The largest absolute Gasteiger partial charge is 0.463 e. The zero-order chi connectivity index (χ0) is 13.1. The predicted octanol–water partition coefficient (Wildman–Crippen LogP) is 1.82. The Bertz CT molecular complexity index is 656. The lowest BCUT2D eigenvalue weighted by molar-refractivity contribution is 0.559. The van der Waals surface area contributed by atoms with Crippen molar-refractivity contribution in [3.8, 4) is 0 Å². The molecule has 0 spiro atoms. The minimum absolute atomic E-state index is 0.259. The summed E-state index contributed by atoms with van der Waals surface area (Å²) in [6, 6.07) is 13.1. The highest BCUT2D eigenvalue weighted by molar-refractivity contribution is 6.72. The summed E-state index contributed by atoms with van der Waals surface area (Å²) in [4.78, 5) is 0. The van der Waals surface area contributed by atoms with Crippen molar-refractivity contribution >= 4 is 22.9 Å². The van der Waals surface area contributed by atoms with Crippen LogP contribution in [0.2, 0.25) is 0 Å². The molecule has 0 saturated heterocycles. The molecule has 3 N–H and O–H groups in total. The number of nitrogens with one attached hydrogen (secondary N) is 1. The van der Waals surface area contributed by atoms with Crippen molar-refractivity contribution in [2.24, 2.45) is 21.0 Å². The van der Waals surface area contributed by atoms with Gasteiger partial charge in [-0.25, -0.2) is 0 Å². The Morgan fingerprint density at radius 3 is 2.63 bits per heavy atom. The molecule has 6 heteroatoms. The fourth-order valence-electron chi connectivity index (χ4n) is 1.64. The first-order valence-corrected chi connectivity index (χ1v) is 5.69. The standard InChI is InChI=1S/C13H11N5O/c14-13-12(17-15-9-5-2-1-3-6-9)11(16-18-13)10-7-4-8-19-10/h1-8,15H,(H2,14,17,18). The van der Waals surface area contributed by atoms with Gasteiger partial charge in [-0.05, 0) is 24.3 Å². The number of nitrogens with zero attached hydrogens (tertiary/aromatic N) is 3. The van der Waals surface area contributed by atoms with Gasteiger partial charge in [0.1, 0.15) is 0 Å². The highest BCUT2D eigenvalue weighted by Gasteiger charge is 2.23. The van der Waals surface area contributed by atoms with Crippen molar-refractivity contribution in [2.45, 2.75) is 0 Å². The van der Waals surface area contributed by atoms with Crippen molar-refractivity contribution < 1.29 is 4.42 Å². The minimum atomic E-state index is 0.259. The molecule has 0 radical (unpaired) electrons. The van der Waals surface area contributed by atoms with E-state index in [-0.39, 0.29) is 5.84 Å². The SMILES string of the molecule is NC1=NN=C(c2ccco2)/C1=N\Nc1ccccc1. The van der Waals surface area contributed by atoms with Crippen molar-refractivity contribution in [1.29, 1.82) is 0 Å². The van der Waals surface area contributed by atoms with Crippen molar-refractivity contribution in [1.82, 2.24) is 0 Å². The van der Waals surface area contributed by atoms with E-state index < -0.39 is 0 Å². The average molecular weight is 253 g/mol. The van der Waals surface area contributed by atoms with E-state index in [0.717, 1.165) is 5.69 Å². The van der Waals surface area contributed by atoms with Crippen LogP contribution in [0.3, 0.4) is 0 Å². The number of rotatable bonds is 3. The summed E-state index contributed by atoms with van der Waals surface area (Å²) >= 11 is 0. The van der Waals surface area contributed by atoms with Crippen LogP contribution in [0.1, 0.15) is 5.76 Å². The summed E-state index contributed by atoms with van der Waals surface area (Å²) < 4.78 is 5.28. The van der Waals surface area contributed by atoms with E-state index in [9.17, 15) is 0 Å². The monoisotopic (exact) mass is 253 g/mol. The van der Waals surface area contributed by atoms with E-state index in [1.54, 1.807) is 18.4 Å². The van der Waals surface area contributed by atoms with Gasteiger partial charge in [-0.15, -0.1) is 10.2 Å². The van der Waals surface area contributed by atoms with Gasteiger partial charge in [0.15, 0.2) is 23.0 Å². The second-order valence-corrected chi connectivity index (χ2v) is 3.85. The maximum absolute atomic E-state index is 5.76. The second-order valence-electron chi connectivity index (χ2n) is 3.85. The Labute approximate surface area is 109 Å². The van der Waals surface area contributed by atoms with E-state index >= 15 is 0 Å². The number of nitrogens with two attached hydrogens (primary N) is 1. The molecule has 1 aliphatic heterocycles. The Hall–Kier alpha value is -2.89. The van der Waals surface area contributed by atoms with E-state index in [4.69, 9.17) is 10.2 Å². The number of hydrogen-bond donors (Lipinski definition) is 2. The summed E-state index contributed by atoms with van der Waals surface area (Å²) in [6.45, 7) is 0. The summed E-state index contributed by atoms with van der Waals surface area (Å²) in [5, 5.41) is 12.0. The molecule has 19 heavy (non-hydrogen) atoms. The number of hydrogen-bond acceptors (Lipinski definition) is 6. The lowest BCUT2D eigenvalue weighted by Crippen LogP contribution is -2.28. The van der Waals surface area contributed by atoms with Crippen LogP contribution in [-0.4, -0.2) is 17.3 Å². The molecular formula is C13H11N5O. The van der Waals surface area contributed by atoms with Crippen LogP contribution >= 0.6 is 0 Å². The van der Waals surface area contributed by atoms with Crippen LogP contribution in [0.5, 0.6) is 0 Å². The van der Waals surface area contributed by atoms with Crippen molar-refractivity contribution in [3.63, 3.8) is 0 Å². The smallest absolute Gasteiger partial charge is 0.176 e. The maximum atomic E-state index is 5.76. The summed E-state index contributed by atoms with van der Waals surface area (Å²) in [6.07, 6.45) is 1.56. The van der Waals surface area contributed by atoms with Gasteiger partial charge < -0.3 is 10.2 Å². The molecule has 2 aromatic rings. The first-order valence-electron chi connectivity index (χ1n) is 5.69. The number of para-hydroxylation sites is 1. The Morgan fingerprint density at radius 1 is 1.05 bits per heavy atom. The van der Waals surface area contributed by atoms with Crippen LogP contribution in [0, 0.1) is 0 Å². The van der Waals surface area contributed by atoms with Crippen LogP contribution in [0.15, 0.2) is 68.4 Å². The van der Waals surface area contributed by atoms with Gasteiger partial charge in [0.25, 0.3) is 0 Å². The molecule has 0 saturated carbocycles. The van der Waals surface area contributed by atoms with Crippen LogP contribution in [-0.2, 0) is 0 Å². The number of furan rings is 1. The maximum Gasteiger partial charge on any atom is 0.176 e. The van der Waals surface area contributed by atoms with E-state index in [1.165, 1.54) is 0 Å². The lowest BCUT2D eigenvalue weighted by atomic mass is 10.2. The van der Waals surface area contributed by atoms with Gasteiger partial charge in [0.05, 0.1) is 12.0 Å². The molecule has 2 heterocycles.